The lowest BCUT2D eigenvalue weighted by Crippen LogP contribution is -2.20. The van der Waals surface area contributed by atoms with Gasteiger partial charge in [0.2, 0.25) is 0 Å². The van der Waals surface area contributed by atoms with Gasteiger partial charge in [-0.05, 0) is 18.6 Å². The Hall–Kier alpha value is -2.55. The minimum absolute atomic E-state index is 0.0792. The molecule has 20 heavy (non-hydrogen) atoms. The van der Waals surface area contributed by atoms with Crippen LogP contribution < -0.4 is 10.5 Å². The molecule has 0 aliphatic heterocycles. The summed E-state index contributed by atoms with van der Waals surface area (Å²) in [4.78, 5) is 6.16. The summed E-state index contributed by atoms with van der Waals surface area (Å²) in [6, 6.07) is 4.91. The number of sulfonamides is 1. The largest absolute Gasteiger partial charge is 0.409 e. The van der Waals surface area contributed by atoms with Crippen LogP contribution in [0.25, 0.3) is 0 Å². The molecule has 0 radical (unpaired) electrons. The number of nitrogens with two attached hydrogens (primary N) is 1. The number of hydrogen-bond donors (Lipinski definition) is 4. The Labute approximate surface area is 115 Å². The molecule has 0 unspecified atom stereocenters. The zero-order valence-corrected chi connectivity index (χ0v) is 11.3. The van der Waals surface area contributed by atoms with E-state index in [2.05, 4.69) is 19.8 Å². The Bertz CT molecular complexity index is 737. The van der Waals surface area contributed by atoms with Gasteiger partial charge in [0.15, 0.2) is 10.9 Å². The van der Waals surface area contributed by atoms with Crippen LogP contribution in [0.3, 0.4) is 0 Å². The molecular formula is C11H13N5O3S. The zero-order valence-electron chi connectivity index (χ0n) is 10.5. The Morgan fingerprint density at radius 3 is 2.85 bits per heavy atom. The van der Waals surface area contributed by atoms with Crippen LogP contribution in [0.1, 0.15) is 11.1 Å². The van der Waals surface area contributed by atoms with Crippen LogP contribution in [0.15, 0.2) is 40.9 Å². The molecule has 2 aromatic rings. The molecule has 1 aromatic carbocycles. The number of amidine groups is 1. The van der Waals surface area contributed by atoms with Crippen molar-refractivity contribution in [2.24, 2.45) is 10.9 Å². The molecule has 9 heteroatoms. The fraction of sp³-hybridized carbons (Fsp3) is 0.0909. The fourth-order valence-corrected chi connectivity index (χ4v) is 2.71. The lowest BCUT2D eigenvalue weighted by molar-refractivity contribution is 0.318. The lowest BCUT2D eigenvalue weighted by Gasteiger charge is -2.12. The number of nitrogens with one attached hydrogen (secondary N) is 2. The van der Waals surface area contributed by atoms with Crippen molar-refractivity contribution >= 4 is 21.5 Å². The van der Waals surface area contributed by atoms with Crippen molar-refractivity contribution in [2.45, 2.75) is 11.9 Å². The van der Waals surface area contributed by atoms with Crippen LogP contribution >= 0.6 is 0 Å². The van der Waals surface area contributed by atoms with Crippen molar-refractivity contribution in [3.05, 3.63) is 41.9 Å². The number of aromatic amines is 1. The van der Waals surface area contributed by atoms with E-state index < -0.39 is 10.0 Å². The summed E-state index contributed by atoms with van der Waals surface area (Å²) in [5.41, 5.74) is 6.79. The molecule has 0 aliphatic carbocycles. The maximum atomic E-state index is 12.1. The molecular weight excluding hydrogens is 282 g/mol. The SMILES string of the molecule is Cc1cccc(NS(=O)(=O)c2cnc[nH]2)c1/C(N)=N/O. The maximum Gasteiger partial charge on any atom is 0.278 e. The first-order chi connectivity index (χ1) is 9.45. The third kappa shape index (κ3) is 2.57. The second kappa shape index (κ2) is 5.21. The second-order valence-corrected chi connectivity index (χ2v) is 5.65. The second-order valence-electron chi connectivity index (χ2n) is 4.00. The van der Waals surface area contributed by atoms with E-state index in [0.29, 0.717) is 11.1 Å². The van der Waals surface area contributed by atoms with Crippen molar-refractivity contribution in [2.75, 3.05) is 4.72 Å². The fourth-order valence-electron chi connectivity index (χ4n) is 1.73. The van der Waals surface area contributed by atoms with Gasteiger partial charge < -0.3 is 15.9 Å². The van der Waals surface area contributed by atoms with Gasteiger partial charge in [-0.2, -0.15) is 8.42 Å². The van der Waals surface area contributed by atoms with Gasteiger partial charge in [-0.1, -0.05) is 17.3 Å². The highest BCUT2D eigenvalue weighted by Gasteiger charge is 2.19. The Balaban J connectivity index is 2.48. The molecule has 1 aromatic heterocycles. The number of aromatic nitrogens is 2. The molecule has 1 heterocycles. The number of benzene rings is 1. The van der Waals surface area contributed by atoms with Gasteiger partial charge in [0, 0.05) is 5.56 Å². The summed E-state index contributed by atoms with van der Waals surface area (Å²) in [5, 5.41) is 11.6. The zero-order chi connectivity index (χ0) is 14.8. The molecule has 2 rings (SSSR count). The molecule has 0 saturated carbocycles. The highest BCUT2D eigenvalue weighted by molar-refractivity contribution is 7.92. The summed E-state index contributed by atoms with van der Waals surface area (Å²) in [6.45, 7) is 1.72. The Kier molecular flexibility index (Phi) is 3.61. The number of anilines is 1. The van der Waals surface area contributed by atoms with E-state index in [1.807, 2.05) is 0 Å². The van der Waals surface area contributed by atoms with Crippen LogP contribution in [0.4, 0.5) is 5.69 Å². The van der Waals surface area contributed by atoms with Gasteiger partial charge in [-0.15, -0.1) is 0 Å². The monoisotopic (exact) mass is 295 g/mol. The first-order valence-electron chi connectivity index (χ1n) is 5.54. The number of nitrogens with zero attached hydrogens (tertiary/aromatic N) is 2. The minimum Gasteiger partial charge on any atom is -0.409 e. The molecule has 0 bridgehead atoms. The average molecular weight is 295 g/mol. The summed E-state index contributed by atoms with van der Waals surface area (Å²) in [6.07, 6.45) is 2.44. The van der Waals surface area contributed by atoms with E-state index in [4.69, 9.17) is 10.9 Å². The standard InChI is InChI=1S/C11H13N5O3S/c1-7-3-2-4-8(10(7)11(12)15-17)16-20(18,19)9-5-13-6-14-9/h2-6,16-17H,1H3,(H2,12,15)(H,13,14). The van der Waals surface area contributed by atoms with E-state index in [0.717, 1.165) is 0 Å². The summed E-state index contributed by atoms with van der Waals surface area (Å²) < 4.78 is 26.6. The highest BCUT2D eigenvalue weighted by atomic mass is 32.2. The van der Waals surface area contributed by atoms with E-state index in [1.165, 1.54) is 18.6 Å². The third-order valence-electron chi connectivity index (χ3n) is 2.64. The predicted molar refractivity (Wildman–Crippen MR) is 73.1 cm³/mol. The van der Waals surface area contributed by atoms with Crippen LogP contribution in [0.2, 0.25) is 0 Å². The van der Waals surface area contributed by atoms with Crippen LogP contribution in [0, 0.1) is 6.92 Å². The number of rotatable bonds is 4. The van der Waals surface area contributed by atoms with Crippen LogP contribution in [0.5, 0.6) is 0 Å². The molecule has 0 amide bonds. The highest BCUT2D eigenvalue weighted by Crippen LogP contribution is 2.22. The molecule has 0 spiro atoms. The van der Waals surface area contributed by atoms with Crippen LogP contribution in [-0.4, -0.2) is 29.4 Å². The molecule has 106 valence electrons. The van der Waals surface area contributed by atoms with Crippen molar-refractivity contribution in [1.82, 2.24) is 9.97 Å². The van der Waals surface area contributed by atoms with E-state index in [-0.39, 0.29) is 16.5 Å². The normalized spacial score (nSPS) is 12.3. The van der Waals surface area contributed by atoms with E-state index in [1.54, 1.807) is 19.1 Å². The van der Waals surface area contributed by atoms with Gasteiger partial charge in [0.05, 0.1) is 18.2 Å². The number of H-pyrrole nitrogens is 1. The van der Waals surface area contributed by atoms with Gasteiger partial charge in [0.1, 0.15) is 0 Å². The van der Waals surface area contributed by atoms with Crippen molar-refractivity contribution < 1.29 is 13.6 Å². The van der Waals surface area contributed by atoms with Crippen LogP contribution in [-0.2, 0) is 10.0 Å². The van der Waals surface area contributed by atoms with Gasteiger partial charge in [0.25, 0.3) is 10.0 Å². The Morgan fingerprint density at radius 1 is 1.50 bits per heavy atom. The third-order valence-corrected chi connectivity index (χ3v) is 3.93. The first kappa shape index (κ1) is 13.9. The van der Waals surface area contributed by atoms with E-state index >= 15 is 0 Å². The quantitative estimate of drug-likeness (QED) is 0.284. The predicted octanol–water partition coefficient (Wildman–Crippen LogP) is 0.613. The first-order valence-corrected chi connectivity index (χ1v) is 7.02. The number of oxime groups is 1. The van der Waals surface area contributed by atoms with Crippen molar-refractivity contribution in [1.29, 1.82) is 0 Å². The number of aryl methyl sites for hydroxylation is 1. The molecule has 0 saturated heterocycles. The molecule has 0 atom stereocenters. The van der Waals surface area contributed by atoms with Crippen molar-refractivity contribution in [3.8, 4) is 0 Å². The average Bonchev–Trinajstić information content (AvgIpc) is 2.92. The summed E-state index contributed by atoms with van der Waals surface area (Å²) in [7, 11) is -3.81. The topological polar surface area (TPSA) is 133 Å². The van der Waals surface area contributed by atoms with Crippen molar-refractivity contribution in [3.63, 3.8) is 0 Å². The molecule has 0 fully saturated rings. The smallest absolute Gasteiger partial charge is 0.278 e. The number of imidazole rings is 1. The molecule has 0 aliphatic rings. The molecule has 5 N–H and O–H groups in total. The molecule has 8 nitrogen and oxygen atoms in total. The maximum absolute atomic E-state index is 12.1. The van der Waals surface area contributed by atoms with Gasteiger partial charge in [-0.3, -0.25) is 4.72 Å². The van der Waals surface area contributed by atoms with Gasteiger partial charge >= 0.3 is 0 Å². The lowest BCUT2D eigenvalue weighted by atomic mass is 10.1. The van der Waals surface area contributed by atoms with E-state index in [9.17, 15) is 8.42 Å². The van der Waals surface area contributed by atoms with Gasteiger partial charge in [-0.25, -0.2) is 4.98 Å². The number of hydrogen-bond acceptors (Lipinski definition) is 5. The minimum atomic E-state index is -3.81. The summed E-state index contributed by atoms with van der Waals surface area (Å²) >= 11 is 0. The summed E-state index contributed by atoms with van der Waals surface area (Å²) in [5.74, 6) is -0.176. The Morgan fingerprint density at radius 2 is 2.25 bits per heavy atom.